The van der Waals surface area contributed by atoms with Crippen LogP contribution >= 0.6 is 0 Å². The Balaban J connectivity index is 2.33. The molecule has 0 aromatic carbocycles. The van der Waals surface area contributed by atoms with E-state index in [1.807, 2.05) is 0 Å². The first kappa shape index (κ1) is 13.6. The Morgan fingerprint density at radius 1 is 1.47 bits per heavy atom. The third-order valence-corrected chi connectivity index (χ3v) is 3.82. The quantitative estimate of drug-likeness (QED) is 0.825. The van der Waals surface area contributed by atoms with Gasteiger partial charge < -0.3 is 15.7 Å². The largest absolute Gasteiger partial charge is 0.478 e. The molecule has 1 saturated heterocycles. The van der Waals surface area contributed by atoms with Gasteiger partial charge >= 0.3 is 5.97 Å². The molecule has 0 spiro atoms. The van der Waals surface area contributed by atoms with E-state index in [1.165, 1.54) is 12.3 Å². The molecule has 2 rings (SSSR count). The summed E-state index contributed by atoms with van der Waals surface area (Å²) in [6.07, 6.45) is 1.50. The monoisotopic (exact) mass is 264 g/mol. The summed E-state index contributed by atoms with van der Waals surface area (Å²) in [6.45, 7) is 6.75. The Kier molecular flexibility index (Phi) is 3.36. The van der Waals surface area contributed by atoms with Crippen LogP contribution in [0.2, 0.25) is 0 Å². The molecule has 1 aliphatic heterocycles. The Morgan fingerprint density at radius 2 is 2.16 bits per heavy atom. The summed E-state index contributed by atoms with van der Waals surface area (Å²) in [4.78, 5) is 19.7. The number of anilines is 2. The van der Waals surface area contributed by atoms with E-state index >= 15 is 0 Å². The predicted octanol–water partition coefficient (Wildman–Crippen LogP) is 0.892. The van der Waals surface area contributed by atoms with Crippen LogP contribution in [0.25, 0.3) is 0 Å². The summed E-state index contributed by atoms with van der Waals surface area (Å²) >= 11 is 0. The highest BCUT2D eigenvalue weighted by molar-refractivity contribution is 5.96. The number of carbonyl (C=O) groups is 1. The Bertz CT molecular complexity index is 501. The minimum absolute atomic E-state index is 0.00555. The van der Waals surface area contributed by atoms with Gasteiger partial charge in [0.2, 0.25) is 0 Å². The fourth-order valence-corrected chi connectivity index (χ4v) is 2.32. The number of carboxylic acids is 1. The average Bonchev–Trinajstić information content (AvgIpc) is 2.32. The molecule has 1 aromatic heterocycles. The second kappa shape index (κ2) is 4.70. The summed E-state index contributed by atoms with van der Waals surface area (Å²) in [7, 11) is 2.09. The van der Waals surface area contributed by atoms with Crippen molar-refractivity contribution in [1.29, 1.82) is 0 Å². The number of aromatic carboxylic acids is 1. The van der Waals surface area contributed by atoms with Gasteiger partial charge in [-0.15, -0.1) is 0 Å². The summed E-state index contributed by atoms with van der Waals surface area (Å²) in [6, 6.07) is 1.43. The van der Waals surface area contributed by atoms with Gasteiger partial charge in [0.1, 0.15) is 0 Å². The molecule has 6 heteroatoms. The summed E-state index contributed by atoms with van der Waals surface area (Å²) < 4.78 is 0. The number of nitrogens with zero attached hydrogens (tertiary/aromatic N) is 3. The molecule has 19 heavy (non-hydrogen) atoms. The van der Waals surface area contributed by atoms with Gasteiger partial charge in [-0.1, -0.05) is 0 Å². The van der Waals surface area contributed by atoms with Crippen LogP contribution in [-0.4, -0.2) is 53.2 Å². The number of carboxylic acid groups (broad SMARTS) is 1. The van der Waals surface area contributed by atoms with Gasteiger partial charge in [0, 0.05) is 31.4 Å². The van der Waals surface area contributed by atoms with E-state index in [9.17, 15) is 4.79 Å². The van der Waals surface area contributed by atoms with Crippen LogP contribution in [0.1, 0.15) is 24.2 Å². The lowest BCUT2D eigenvalue weighted by molar-refractivity contribution is 0.0698. The topological polar surface area (TPSA) is 82.7 Å². The van der Waals surface area contributed by atoms with E-state index in [-0.39, 0.29) is 16.8 Å². The van der Waals surface area contributed by atoms with Gasteiger partial charge in [0.15, 0.2) is 5.82 Å². The van der Waals surface area contributed by atoms with E-state index in [0.29, 0.717) is 5.82 Å². The zero-order valence-corrected chi connectivity index (χ0v) is 11.6. The van der Waals surface area contributed by atoms with Crippen molar-refractivity contribution in [2.75, 3.05) is 37.3 Å². The van der Waals surface area contributed by atoms with Crippen LogP contribution in [-0.2, 0) is 0 Å². The lowest BCUT2D eigenvalue weighted by Crippen LogP contribution is -2.58. The van der Waals surface area contributed by atoms with E-state index in [0.717, 1.165) is 19.6 Å². The fourth-order valence-electron chi connectivity index (χ4n) is 2.32. The van der Waals surface area contributed by atoms with Crippen molar-refractivity contribution in [3.63, 3.8) is 0 Å². The van der Waals surface area contributed by atoms with Gasteiger partial charge in [0.05, 0.1) is 11.3 Å². The first-order valence-electron chi connectivity index (χ1n) is 6.27. The number of likely N-dealkylation sites (N-methyl/N-ethyl adjacent to an activating group) is 1. The highest BCUT2D eigenvalue weighted by Crippen LogP contribution is 2.28. The van der Waals surface area contributed by atoms with Crippen LogP contribution in [0, 0.1) is 0 Å². The average molecular weight is 264 g/mol. The number of piperazine rings is 1. The number of hydrogen-bond donors (Lipinski definition) is 2. The Labute approximate surface area is 112 Å². The standard InChI is InChI=1S/C13H20N4O2/c1-13(2)8-17(7-6-16(13)3)11-10(14)9(12(18)19)4-5-15-11/h4-5H,6-8,14H2,1-3H3,(H,18,19). The third-order valence-electron chi connectivity index (χ3n) is 3.82. The van der Waals surface area contributed by atoms with Gasteiger partial charge in [-0.05, 0) is 27.0 Å². The minimum atomic E-state index is -1.02. The zero-order chi connectivity index (χ0) is 14.2. The second-order valence-electron chi connectivity index (χ2n) is 5.56. The maximum atomic E-state index is 11.1. The molecule has 6 nitrogen and oxygen atoms in total. The molecule has 0 radical (unpaired) electrons. The minimum Gasteiger partial charge on any atom is -0.478 e. The molecule has 104 valence electrons. The van der Waals surface area contributed by atoms with Gasteiger partial charge in [-0.3, -0.25) is 4.90 Å². The van der Waals surface area contributed by atoms with Crippen LogP contribution in [0.3, 0.4) is 0 Å². The zero-order valence-electron chi connectivity index (χ0n) is 11.6. The fraction of sp³-hybridized carbons (Fsp3) is 0.538. The Hall–Kier alpha value is -1.82. The van der Waals surface area contributed by atoms with E-state index in [1.54, 1.807) is 0 Å². The van der Waals surface area contributed by atoms with Crippen molar-refractivity contribution >= 4 is 17.5 Å². The number of pyridine rings is 1. The Morgan fingerprint density at radius 3 is 2.74 bits per heavy atom. The number of nitrogens with two attached hydrogens (primary N) is 1. The van der Waals surface area contributed by atoms with Crippen molar-refractivity contribution in [1.82, 2.24) is 9.88 Å². The van der Waals surface area contributed by atoms with Crippen LogP contribution in [0.15, 0.2) is 12.3 Å². The molecule has 0 amide bonds. The van der Waals surface area contributed by atoms with Gasteiger partial charge in [-0.25, -0.2) is 9.78 Å². The van der Waals surface area contributed by atoms with Crippen molar-refractivity contribution in [3.8, 4) is 0 Å². The SMILES string of the molecule is CN1CCN(c2nccc(C(=O)O)c2N)CC1(C)C. The first-order valence-corrected chi connectivity index (χ1v) is 6.27. The van der Waals surface area contributed by atoms with Crippen molar-refractivity contribution < 1.29 is 9.90 Å². The van der Waals surface area contributed by atoms with Gasteiger partial charge in [-0.2, -0.15) is 0 Å². The third kappa shape index (κ3) is 2.49. The lowest BCUT2D eigenvalue weighted by Gasteiger charge is -2.46. The van der Waals surface area contributed by atoms with E-state index in [4.69, 9.17) is 10.8 Å². The number of rotatable bonds is 2. The molecule has 0 saturated carbocycles. The normalized spacial score (nSPS) is 19.4. The molecule has 3 N–H and O–H groups in total. The molecule has 1 aromatic rings. The lowest BCUT2D eigenvalue weighted by atomic mass is 9.99. The highest BCUT2D eigenvalue weighted by atomic mass is 16.4. The van der Waals surface area contributed by atoms with Crippen molar-refractivity contribution in [2.45, 2.75) is 19.4 Å². The van der Waals surface area contributed by atoms with Crippen molar-refractivity contribution in [2.24, 2.45) is 0 Å². The molecule has 0 unspecified atom stereocenters. The molecule has 2 heterocycles. The molecular formula is C13H20N4O2. The summed E-state index contributed by atoms with van der Waals surface area (Å²) in [5, 5.41) is 9.10. The van der Waals surface area contributed by atoms with Crippen LogP contribution in [0.5, 0.6) is 0 Å². The summed E-state index contributed by atoms with van der Waals surface area (Å²) in [5.74, 6) is -0.449. The number of nitrogen functional groups attached to an aromatic ring is 1. The maximum absolute atomic E-state index is 11.1. The first-order chi connectivity index (χ1) is 8.83. The molecule has 1 aliphatic rings. The van der Waals surface area contributed by atoms with Gasteiger partial charge in [0.25, 0.3) is 0 Å². The smallest absolute Gasteiger partial charge is 0.337 e. The van der Waals surface area contributed by atoms with E-state index < -0.39 is 5.97 Å². The molecular weight excluding hydrogens is 244 g/mol. The van der Waals surface area contributed by atoms with E-state index in [2.05, 4.69) is 35.7 Å². The molecule has 1 fully saturated rings. The van der Waals surface area contributed by atoms with Crippen molar-refractivity contribution in [3.05, 3.63) is 17.8 Å². The summed E-state index contributed by atoms with van der Waals surface area (Å²) in [5.41, 5.74) is 6.30. The molecule has 0 aliphatic carbocycles. The highest BCUT2D eigenvalue weighted by Gasteiger charge is 2.32. The maximum Gasteiger partial charge on any atom is 0.337 e. The predicted molar refractivity (Wildman–Crippen MR) is 74.5 cm³/mol. The second-order valence-corrected chi connectivity index (χ2v) is 5.56. The van der Waals surface area contributed by atoms with Crippen LogP contribution in [0.4, 0.5) is 11.5 Å². The molecule has 0 bridgehead atoms. The van der Waals surface area contributed by atoms with Crippen LogP contribution < -0.4 is 10.6 Å². The molecule has 0 atom stereocenters. The number of aromatic nitrogens is 1. The number of hydrogen-bond acceptors (Lipinski definition) is 5.